The summed E-state index contributed by atoms with van der Waals surface area (Å²) >= 11 is 0. The van der Waals surface area contributed by atoms with E-state index in [0.717, 1.165) is 12.8 Å². The van der Waals surface area contributed by atoms with Crippen LogP contribution >= 0.6 is 0 Å². The Bertz CT molecular complexity index is 1780. The van der Waals surface area contributed by atoms with Crippen molar-refractivity contribution in [2.24, 2.45) is 11.7 Å². The number of oxazole rings is 1. The molecule has 1 atom stereocenters. The van der Waals surface area contributed by atoms with Crippen molar-refractivity contribution in [1.82, 2.24) is 15.3 Å². The Morgan fingerprint density at radius 3 is 2.44 bits per heavy atom. The van der Waals surface area contributed by atoms with Crippen LogP contribution in [0.3, 0.4) is 0 Å². The third kappa shape index (κ3) is 8.34. The maximum absolute atomic E-state index is 13.2. The van der Waals surface area contributed by atoms with Crippen molar-refractivity contribution in [3.05, 3.63) is 83.5 Å². The molecule has 0 bridgehead atoms. The number of amides is 3. The lowest BCUT2D eigenvalue weighted by Crippen LogP contribution is -2.29. The number of nitrogens with one attached hydrogen (secondary N) is 1. The number of hydrogen-bond donors (Lipinski definition) is 2. The van der Waals surface area contributed by atoms with Crippen LogP contribution in [0.5, 0.6) is 17.2 Å². The fourth-order valence-electron chi connectivity index (χ4n) is 4.63. The van der Waals surface area contributed by atoms with Gasteiger partial charge in [0.2, 0.25) is 5.89 Å². The molecule has 1 fully saturated rings. The van der Waals surface area contributed by atoms with E-state index in [1.54, 1.807) is 38.4 Å². The van der Waals surface area contributed by atoms with Gasteiger partial charge in [0.1, 0.15) is 22.8 Å². The lowest BCUT2D eigenvalue weighted by molar-refractivity contribution is -0.0515. The SMILES string of the molecule is COc1ccc(N(C)C(=O)c2cccc(C(=O)NCc3nc(-c4ccc(OC(F)F)c(OCC5CC5)c4)oc3C(C)OC(N)=O)n2)cc1. The maximum atomic E-state index is 13.2. The van der Waals surface area contributed by atoms with E-state index in [1.807, 2.05) is 0 Å². The summed E-state index contributed by atoms with van der Waals surface area (Å²) in [5.74, 6) is -0.0604. The van der Waals surface area contributed by atoms with Crippen LogP contribution in [0.1, 0.15) is 58.3 Å². The summed E-state index contributed by atoms with van der Waals surface area (Å²) in [4.78, 5) is 48.0. The summed E-state index contributed by atoms with van der Waals surface area (Å²) in [7, 11) is 3.12. The van der Waals surface area contributed by atoms with Gasteiger partial charge in [0.15, 0.2) is 23.4 Å². The number of hydrogen-bond acceptors (Lipinski definition) is 10. The Kier molecular flexibility index (Phi) is 10.4. The number of carbonyl (C=O) groups is 3. The van der Waals surface area contributed by atoms with Gasteiger partial charge < -0.3 is 39.3 Å². The van der Waals surface area contributed by atoms with Crippen LogP contribution in [0.25, 0.3) is 11.5 Å². The van der Waals surface area contributed by atoms with Gasteiger partial charge in [-0.05, 0) is 80.3 Å². The van der Waals surface area contributed by atoms with Gasteiger partial charge in [-0.15, -0.1) is 0 Å². The first-order valence-electron chi connectivity index (χ1n) is 14.9. The van der Waals surface area contributed by atoms with Crippen LogP contribution in [0, 0.1) is 5.92 Å². The fraction of sp³-hybridized carbons (Fsp3) is 0.303. The zero-order chi connectivity index (χ0) is 34.4. The van der Waals surface area contributed by atoms with Gasteiger partial charge in [0.05, 0.1) is 20.3 Å². The number of aromatic nitrogens is 2. The van der Waals surface area contributed by atoms with Crippen LogP contribution in [0.4, 0.5) is 19.3 Å². The van der Waals surface area contributed by atoms with Crippen molar-refractivity contribution < 1.29 is 46.5 Å². The Labute approximate surface area is 273 Å². The highest BCUT2D eigenvalue weighted by Gasteiger charge is 2.26. The van der Waals surface area contributed by atoms with E-state index in [0.29, 0.717) is 29.5 Å². The molecule has 2 heterocycles. The highest BCUT2D eigenvalue weighted by atomic mass is 19.3. The van der Waals surface area contributed by atoms with Crippen molar-refractivity contribution in [2.45, 2.75) is 39.0 Å². The molecule has 0 radical (unpaired) electrons. The zero-order valence-corrected chi connectivity index (χ0v) is 26.3. The van der Waals surface area contributed by atoms with Gasteiger partial charge >= 0.3 is 12.7 Å². The van der Waals surface area contributed by atoms with E-state index in [-0.39, 0.29) is 46.8 Å². The zero-order valence-electron chi connectivity index (χ0n) is 26.3. The first kappa shape index (κ1) is 33.6. The van der Waals surface area contributed by atoms with E-state index in [2.05, 4.69) is 20.0 Å². The number of anilines is 1. The van der Waals surface area contributed by atoms with Crippen LogP contribution in [-0.2, 0) is 11.3 Å². The number of primary amides is 1. The van der Waals surface area contributed by atoms with Crippen molar-refractivity contribution in [3.8, 4) is 28.7 Å². The second-order valence-corrected chi connectivity index (χ2v) is 10.9. The van der Waals surface area contributed by atoms with Gasteiger partial charge in [0, 0.05) is 18.3 Å². The molecular weight excluding hydrogens is 632 g/mol. The molecule has 1 saturated carbocycles. The molecular formula is C33H33F2N5O8. The maximum Gasteiger partial charge on any atom is 0.405 e. The Morgan fingerprint density at radius 1 is 1.04 bits per heavy atom. The molecule has 2 aromatic heterocycles. The van der Waals surface area contributed by atoms with Gasteiger partial charge in [0.25, 0.3) is 11.8 Å². The van der Waals surface area contributed by atoms with Crippen molar-refractivity contribution in [1.29, 1.82) is 0 Å². The molecule has 0 spiro atoms. The molecule has 3 N–H and O–H groups in total. The third-order valence-electron chi connectivity index (χ3n) is 7.35. The summed E-state index contributed by atoms with van der Waals surface area (Å²) in [6.45, 7) is -1.43. The van der Waals surface area contributed by atoms with Crippen LogP contribution in [-0.4, -0.2) is 55.3 Å². The van der Waals surface area contributed by atoms with Gasteiger partial charge in [-0.2, -0.15) is 8.78 Å². The van der Waals surface area contributed by atoms with Crippen molar-refractivity contribution in [3.63, 3.8) is 0 Å². The number of nitrogens with two attached hydrogens (primary N) is 1. The van der Waals surface area contributed by atoms with E-state index in [9.17, 15) is 23.2 Å². The highest BCUT2D eigenvalue weighted by molar-refractivity contribution is 6.05. The number of carbonyl (C=O) groups excluding carboxylic acids is 3. The van der Waals surface area contributed by atoms with Crippen molar-refractivity contribution in [2.75, 3.05) is 25.7 Å². The second kappa shape index (κ2) is 14.8. The summed E-state index contributed by atoms with van der Waals surface area (Å²) in [5.41, 5.74) is 6.34. The van der Waals surface area contributed by atoms with E-state index < -0.39 is 30.6 Å². The fourth-order valence-corrected chi connectivity index (χ4v) is 4.63. The minimum absolute atomic E-state index is 0.0290. The molecule has 13 nitrogen and oxygen atoms in total. The Morgan fingerprint density at radius 2 is 1.77 bits per heavy atom. The average molecular weight is 666 g/mol. The monoisotopic (exact) mass is 665 g/mol. The minimum atomic E-state index is -3.06. The lowest BCUT2D eigenvalue weighted by Gasteiger charge is -2.17. The standard InChI is InChI=1S/C33H33F2N5O8/c1-18(46-33(36)43)28-25(39-30(48-28)20-9-14-26(47-32(34)35)27(15-20)45-17-19-7-8-19)16-37-29(41)23-5-4-6-24(38-23)31(42)40(2)21-10-12-22(44-3)13-11-21/h4-6,9-15,18-19,32H,7-8,16-17H2,1-3H3,(H2,36,43)(H,37,41). The van der Waals surface area contributed by atoms with E-state index in [1.165, 1.54) is 48.2 Å². The molecule has 4 aromatic rings. The largest absolute Gasteiger partial charge is 0.497 e. The minimum Gasteiger partial charge on any atom is -0.497 e. The number of benzene rings is 2. The van der Waals surface area contributed by atoms with E-state index >= 15 is 0 Å². The summed E-state index contributed by atoms with van der Waals surface area (Å²) in [5, 5.41) is 2.69. The molecule has 252 valence electrons. The molecule has 0 saturated heterocycles. The first-order valence-corrected chi connectivity index (χ1v) is 14.9. The predicted molar refractivity (Wildman–Crippen MR) is 167 cm³/mol. The molecule has 0 aliphatic heterocycles. The van der Waals surface area contributed by atoms with Gasteiger partial charge in [-0.1, -0.05) is 6.07 Å². The molecule has 5 rings (SSSR count). The summed E-state index contributed by atoms with van der Waals surface area (Å²) in [6, 6.07) is 15.5. The molecule has 1 aliphatic carbocycles. The van der Waals surface area contributed by atoms with Gasteiger partial charge in [-0.25, -0.2) is 14.8 Å². The van der Waals surface area contributed by atoms with Crippen LogP contribution in [0.15, 0.2) is 65.1 Å². The number of rotatable bonds is 14. The normalized spacial score (nSPS) is 13.0. The molecule has 3 amide bonds. The van der Waals surface area contributed by atoms with Crippen LogP contribution < -0.4 is 30.2 Å². The molecule has 1 unspecified atom stereocenters. The molecule has 15 heteroatoms. The quantitative estimate of drug-likeness (QED) is 0.176. The third-order valence-corrected chi connectivity index (χ3v) is 7.35. The first-order chi connectivity index (χ1) is 23.0. The topological polar surface area (TPSA) is 168 Å². The number of pyridine rings is 1. The number of alkyl halides is 2. The smallest absolute Gasteiger partial charge is 0.405 e. The number of methoxy groups -OCH3 is 1. The van der Waals surface area contributed by atoms with Crippen molar-refractivity contribution >= 4 is 23.6 Å². The van der Waals surface area contributed by atoms with Gasteiger partial charge in [-0.3, -0.25) is 9.59 Å². The number of halogens is 2. The van der Waals surface area contributed by atoms with Crippen LogP contribution in [0.2, 0.25) is 0 Å². The molecule has 1 aliphatic rings. The predicted octanol–water partition coefficient (Wildman–Crippen LogP) is 5.50. The lowest BCUT2D eigenvalue weighted by atomic mass is 10.2. The number of nitrogens with zero attached hydrogens (tertiary/aromatic N) is 3. The van der Waals surface area contributed by atoms with E-state index in [4.69, 9.17) is 24.4 Å². The summed E-state index contributed by atoms with van der Waals surface area (Å²) in [6.07, 6.45) is -0.102. The summed E-state index contributed by atoms with van der Waals surface area (Å²) < 4.78 is 52.6. The average Bonchev–Trinajstić information content (AvgIpc) is 3.81. The number of ether oxygens (including phenoxy) is 4. The Balaban J connectivity index is 1.35. The second-order valence-electron chi connectivity index (χ2n) is 10.9. The molecule has 48 heavy (non-hydrogen) atoms. The highest BCUT2D eigenvalue weighted by Crippen LogP contribution is 2.37. The Hall–Kier alpha value is -5.73. The molecule has 2 aromatic carbocycles.